The van der Waals surface area contributed by atoms with E-state index < -0.39 is 6.09 Å². The minimum atomic E-state index is -0.390. The standard InChI is InChI=1S/C12H19N3O2/c1-5-15(4)9-10-11(7-6-8-13-10)17-12(16)14(2)3/h6-8H,5,9H2,1-4H3. The predicted octanol–water partition coefficient (Wildman–Crippen LogP) is 1.59. The van der Waals surface area contributed by atoms with Crippen LogP contribution in [0.5, 0.6) is 5.75 Å². The Labute approximate surface area is 102 Å². The second kappa shape index (κ2) is 6.20. The van der Waals surface area contributed by atoms with E-state index in [1.54, 1.807) is 32.4 Å². The van der Waals surface area contributed by atoms with Crippen LogP contribution in [0.15, 0.2) is 18.3 Å². The zero-order chi connectivity index (χ0) is 12.8. The van der Waals surface area contributed by atoms with Gasteiger partial charge in [-0.15, -0.1) is 0 Å². The molecule has 94 valence electrons. The smallest absolute Gasteiger partial charge is 0.408 e. The first-order valence-corrected chi connectivity index (χ1v) is 5.56. The van der Waals surface area contributed by atoms with Crippen molar-refractivity contribution in [3.63, 3.8) is 0 Å². The summed E-state index contributed by atoms with van der Waals surface area (Å²) in [6.07, 6.45) is 1.31. The highest BCUT2D eigenvalue weighted by molar-refractivity contribution is 5.70. The molecule has 0 aliphatic carbocycles. The molecule has 0 radical (unpaired) electrons. The van der Waals surface area contributed by atoms with E-state index >= 15 is 0 Å². The molecule has 0 saturated carbocycles. The van der Waals surface area contributed by atoms with Crippen LogP contribution >= 0.6 is 0 Å². The number of carbonyl (C=O) groups excluding carboxylic acids is 1. The third-order valence-corrected chi connectivity index (χ3v) is 2.37. The van der Waals surface area contributed by atoms with Gasteiger partial charge in [0.15, 0.2) is 5.75 Å². The van der Waals surface area contributed by atoms with Gasteiger partial charge < -0.3 is 14.5 Å². The molecule has 0 saturated heterocycles. The van der Waals surface area contributed by atoms with Crippen LogP contribution in [0.1, 0.15) is 12.6 Å². The normalized spacial score (nSPS) is 10.4. The molecular weight excluding hydrogens is 218 g/mol. The summed E-state index contributed by atoms with van der Waals surface area (Å²) in [5, 5.41) is 0. The highest BCUT2D eigenvalue weighted by Crippen LogP contribution is 2.17. The van der Waals surface area contributed by atoms with Crippen LogP contribution in [0.2, 0.25) is 0 Å². The van der Waals surface area contributed by atoms with E-state index in [0.29, 0.717) is 12.3 Å². The van der Waals surface area contributed by atoms with Crippen molar-refractivity contribution in [2.75, 3.05) is 27.7 Å². The van der Waals surface area contributed by atoms with Gasteiger partial charge in [0.1, 0.15) is 0 Å². The molecule has 0 atom stereocenters. The first kappa shape index (κ1) is 13.4. The van der Waals surface area contributed by atoms with Crippen LogP contribution in [0.25, 0.3) is 0 Å². The van der Waals surface area contributed by atoms with E-state index in [1.807, 2.05) is 7.05 Å². The second-order valence-corrected chi connectivity index (χ2v) is 4.04. The Morgan fingerprint density at radius 3 is 2.71 bits per heavy atom. The molecule has 0 aromatic carbocycles. The molecule has 0 aliphatic rings. The molecule has 0 bridgehead atoms. The Morgan fingerprint density at radius 1 is 1.41 bits per heavy atom. The fourth-order valence-electron chi connectivity index (χ4n) is 1.19. The van der Waals surface area contributed by atoms with Crippen LogP contribution in [0.3, 0.4) is 0 Å². The summed E-state index contributed by atoms with van der Waals surface area (Å²) < 4.78 is 5.25. The Kier molecular flexibility index (Phi) is 4.90. The van der Waals surface area contributed by atoms with E-state index in [-0.39, 0.29) is 0 Å². The molecule has 1 aromatic rings. The highest BCUT2D eigenvalue weighted by Gasteiger charge is 2.12. The van der Waals surface area contributed by atoms with Crippen molar-refractivity contribution < 1.29 is 9.53 Å². The fourth-order valence-corrected chi connectivity index (χ4v) is 1.19. The van der Waals surface area contributed by atoms with Gasteiger partial charge in [0, 0.05) is 26.8 Å². The average molecular weight is 237 g/mol. The lowest BCUT2D eigenvalue weighted by molar-refractivity contribution is 0.170. The van der Waals surface area contributed by atoms with Gasteiger partial charge in [0.2, 0.25) is 0 Å². The summed E-state index contributed by atoms with van der Waals surface area (Å²) in [5.74, 6) is 0.520. The lowest BCUT2D eigenvalue weighted by Crippen LogP contribution is -2.26. The van der Waals surface area contributed by atoms with Crippen molar-refractivity contribution in [3.05, 3.63) is 24.0 Å². The van der Waals surface area contributed by atoms with Crippen LogP contribution in [-0.2, 0) is 6.54 Å². The van der Waals surface area contributed by atoms with Crippen LogP contribution in [0.4, 0.5) is 4.79 Å². The van der Waals surface area contributed by atoms with Gasteiger partial charge in [-0.05, 0) is 25.7 Å². The van der Waals surface area contributed by atoms with E-state index in [2.05, 4.69) is 16.8 Å². The van der Waals surface area contributed by atoms with Gasteiger partial charge in [-0.3, -0.25) is 4.98 Å². The Hall–Kier alpha value is -1.62. The Bertz CT molecular complexity index is 380. The molecule has 0 spiro atoms. The molecule has 0 unspecified atom stereocenters. The third-order valence-electron chi connectivity index (χ3n) is 2.37. The molecule has 1 aromatic heterocycles. The maximum Gasteiger partial charge on any atom is 0.414 e. The SMILES string of the molecule is CCN(C)Cc1ncccc1OC(=O)N(C)C. The van der Waals surface area contributed by atoms with Gasteiger partial charge in [-0.1, -0.05) is 6.92 Å². The van der Waals surface area contributed by atoms with Gasteiger partial charge in [0.05, 0.1) is 5.69 Å². The monoisotopic (exact) mass is 237 g/mol. The van der Waals surface area contributed by atoms with Crippen molar-refractivity contribution in [2.24, 2.45) is 0 Å². The van der Waals surface area contributed by atoms with E-state index in [0.717, 1.165) is 12.2 Å². The minimum Gasteiger partial charge on any atom is -0.408 e. The maximum absolute atomic E-state index is 11.5. The largest absolute Gasteiger partial charge is 0.414 e. The summed E-state index contributed by atoms with van der Waals surface area (Å²) in [6, 6.07) is 3.51. The van der Waals surface area contributed by atoms with Crippen molar-refractivity contribution in [2.45, 2.75) is 13.5 Å². The summed E-state index contributed by atoms with van der Waals surface area (Å²) >= 11 is 0. The molecule has 17 heavy (non-hydrogen) atoms. The average Bonchev–Trinajstić information content (AvgIpc) is 2.31. The summed E-state index contributed by atoms with van der Waals surface area (Å²) in [7, 11) is 5.29. The number of carbonyl (C=O) groups is 1. The van der Waals surface area contributed by atoms with Gasteiger partial charge in [0.25, 0.3) is 0 Å². The predicted molar refractivity (Wildman–Crippen MR) is 66.0 cm³/mol. The van der Waals surface area contributed by atoms with Crippen molar-refractivity contribution >= 4 is 6.09 Å². The number of amides is 1. The minimum absolute atomic E-state index is 0.390. The number of hydrogen-bond acceptors (Lipinski definition) is 4. The van der Waals surface area contributed by atoms with Crippen LogP contribution < -0.4 is 4.74 Å². The van der Waals surface area contributed by atoms with Gasteiger partial charge in [-0.25, -0.2) is 4.79 Å². The van der Waals surface area contributed by atoms with E-state index in [9.17, 15) is 4.79 Å². The lowest BCUT2D eigenvalue weighted by atomic mass is 10.3. The Balaban J connectivity index is 2.81. The molecule has 0 N–H and O–H groups in total. The molecule has 5 heteroatoms. The molecule has 1 amide bonds. The zero-order valence-electron chi connectivity index (χ0n) is 10.8. The fraction of sp³-hybridized carbons (Fsp3) is 0.500. The molecular formula is C12H19N3O2. The van der Waals surface area contributed by atoms with Crippen LogP contribution in [0, 0.1) is 0 Å². The first-order chi connectivity index (χ1) is 8.04. The molecule has 1 heterocycles. The Morgan fingerprint density at radius 2 is 2.12 bits per heavy atom. The number of hydrogen-bond donors (Lipinski definition) is 0. The molecule has 0 aliphatic heterocycles. The number of aromatic nitrogens is 1. The number of pyridine rings is 1. The molecule has 5 nitrogen and oxygen atoms in total. The van der Waals surface area contributed by atoms with Crippen LogP contribution in [-0.4, -0.2) is 48.6 Å². The van der Waals surface area contributed by atoms with Gasteiger partial charge >= 0.3 is 6.09 Å². The van der Waals surface area contributed by atoms with E-state index in [4.69, 9.17) is 4.74 Å². The van der Waals surface area contributed by atoms with Gasteiger partial charge in [-0.2, -0.15) is 0 Å². The van der Waals surface area contributed by atoms with Crippen molar-refractivity contribution in [1.29, 1.82) is 0 Å². The molecule has 0 fully saturated rings. The maximum atomic E-state index is 11.5. The second-order valence-electron chi connectivity index (χ2n) is 4.04. The number of nitrogens with zero attached hydrogens (tertiary/aromatic N) is 3. The first-order valence-electron chi connectivity index (χ1n) is 5.56. The quantitative estimate of drug-likeness (QED) is 0.798. The van der Waals surface area contributed by atoms with E-state index in [1.165, 1.54) is 4.90 Å². The summed E-state index contributed by atoms with van der Waals surface area (Å²) in [5.41, 5.74) is 0.770. The number of rotatable bonds is 4. The lowest BCUT2D eigenvalue weighted by Gasteiger charge is -2.16. The topological polar surface area (TPSA) is 45.7 Å². The number of ether oxygens (including phenoxy) is 1. The summed E-state index contributed by atoms with van der Waals surface area (Å²) in [4.78, 5) is 19.2. The van der Waals surface area contributed by atoms with Crippen molar-refractivity contribution in [1.82, 2.24) is 14.8 Å². The molecule has 1 rings (SSSR count). The summed E-state index contributed by atoms with van der Waals surface area (Å²) in [6.45, 7) is 3.64. The third kappa shape index (κ3) is 4.03. The van der Waals surface area contributed by atoms with Crippen molar-refractivity contribution in [3.8, 4) is 5.75 Å². The zero-order valence-corrected chi connectivity index (χ0v) is 10.8. The highest BCUT2D eigenvalue weighted by atomic mass is 16.6.